The second-order valence-electron chi connectivity index (χ2n) is 2.35. The number of allylic oxidation sites excluding steroid dienone is 1. The molecule has 13 heavy (non-hydrogen) atoms. The predicted octanol–water partition coefficient (Wildman–Crippen LogP) is 2.72. The van der Waals surface area contributed by atoms with E-state index >= 15 is 0 Å². The molecule has 0 atom stereocenters. The van der Waals surface area contributed by atoms with Crippen molar-refractivity contribution in [3.8, 4) is 6.07 Å². The molecule has 0 aromatic heterocycles. The van der Waals surface area contributed by atoms with E-state index in [1.807, 2.05) is 24.3 Å². The van der Waals surface area contributed by atoms with E-state index in [1.54, 1.807) is 0 Å². The summed E-state index contributed by atoms with van der Waals surface area (Å²) in [4.78, 5) is 0. The quantitative estimate of drug-likeness (QED) is 0.587. The van der Waals surface area contributed by atoms with Gasteiger partial charge in [0.15, 0.2) is 0 Å². The third-order valence-electron chi connectivity index (χ3n) is 1.46. The van der Waals surface area contributed by atoms with Crippen LogP contribution in [0.4, 0.5) is 0 Å². The smallest absolute Gasteiger partial charge is 0.0933 e. The van der Waals surface area contributed by atoms with Gasteiger partial charge in [-0.3, -0.25) is 0 Å². The number of benzene rings is 1. The number of hydrogen-bond donors (Lipinski definition) is 1. The molecule has 0 aliphatic heterocycles. The molecule has 0 amide bonds. The average molecular weight is 396 g/mol. The molecule has 66 valence electrons. The van der Waals surface area contributed by atoms with Crippen LogP contribution in [0, 0.1) is 18.5 Å². The van der Waals surface area contributed by atoms with Gasteiger partial charge in [-0.25, -0.2) is 0 Å². The lowest BCUT2D eigenvalue weighted by molar-refractivity contribution is 1.45. The molecule has 0 spiro atoms. The van der Waals surface area contributed by atoms with Crippen LogP contribution < -0.4 is 5.73 Å². The van der Waals surface area contributed by atoms with Crippen LogP contribution in [0.5, 0.6) is 0 Å². The van der Waals surface area contributed by atoms with Gasteiger partial charge in [-0.2, -0.15) is 5.26 Å². The molecule has 0 aliphatic rings. The van der Waals surface area contributed by atoms with Gasteiger partial charge in [-0.15, -0.1) is 0 Å². The molecule has 0 saturated carbocycles. The van der Waals surface area contributed by atoms with Crippen LogP contribution >= 0.6 is 45.2 Å². The van der Waals surface area contributed by atoms with Gasteiger partial charge in [0.2, 0.25) is 0 Å². The molecule has 1 aromatic carbocycles. The fourth-order valence-corrected chi connectivity index (χ4v) is 2.78. The van der Waals surface area contributed by atoms with E-state index in [0.29, 0.717) is 5.70 Å². The highest BCUT2D eigenvalue weighted by Crippen LogP contribution is 2.19. The number of nitriles is 1. The van der Waals surface area contributed by atoms with Crippen LogP contribution in [0.3, 0.4) is 0 Å². The van der Waals surface area contributed by atoms with E-state index in [-0.39, 0.29) is 0 Å². The Balaban J connectivity index is 3.18. The Morgan fingerprint density at radius 2 is 2.15 bits per heavy atom. The van der Waals surface area contributed by atoms with Crippen molar-refractivity contribution in [1.29, 1.82) is 5.26 Å². The second-order valence-corrected chi connectivity index (χ2v) is 4.76. The molecule has 0 radical (unpaired) electrons. The molecule has 0 fully saturated rings. The van der Waals surface area contributed by atoms with E-state index in [2.05, 4.69) is 45.2 Å². The normalized spacial score (nSPS) is 11.0. The van der Waals surface area contributed by atoms with Crippen molar-refractivity contribution in [1.82, 2.24) is 0 Å². The first kappa shape index (κ1) is 10.8. The maximum absolute atomic E-state index is 8.43. The van der Waals surface area contributed by atoms with E-state index < -0.39 is 0 Å². The third kappa shape index (κ3) is 2.84. The SMILES string of the molecule is N#C/C=C(\N)c1ccc(I)cc1I. The Kier molecular flexibility index (Phi) is 3.99. The van der Waals surface area contributed by atoms with Gasteiger partial charge in [0.1, 0.15) is 0 Å². The lowest BCUT2D eigenvalue weighted by atomic mass is 10.1. The summed E-state index contributed by atoms with van der Waals surface area (Å²) in [6, 6.07) is 7.83. The van der Waals surface area contributed by atoms with Crippen LogP contribution in [0.1, 0.15) is 5.56 Å². The summed E-state index contributed by atoms with van der Waals surface area (Å²) in [6.07, 6.45) is 1.35. The first-order valence-corrected chi connectivity index (χ1v) is 5.61. The summed E-state index contributed by atoms with van der Waals surface area (Å²) in [6.45, 7) is 0. The van der Waals surface area contributed by atoms with Crippen molar-refractivity contribution in [3.63, 3.8) is 0 Å². The molecule has 1 aromatic rings. The summed E-state index contributed by atoms with van der Waals surface area (Å²) < 4.78 is 2.23. The predicted molar refractivity (Wildman–Crippen MR) is 69.7 cm³/mol. The first-order chi connectivity index (χ1) is 6.15. The highest BCUT2D eigenvalue weighted by Gasteiger charge is 2.02. The molecule has 0 bridgehead atoms. The summed E-state index contributed by atoms with van der Waals surface area (Å²) in [7, 11) is 0. The zero-order chi connectivity index (χ0) is 9.84. The van der Waals surface area contributed by atoms with Gasteiger partial charge >= 0.3 is 0 Å². The average Bonchev–Trinajstić information content (AvgIpc) is 2.04. The number of nitrogens with two attached hydrogens (primary N) is 1. The number of rotatable bonds is 1. The van der Waals surface area contributed by atoms with Gasteiger partial charge < -0.3 is 5.73 Å². The summed E-state index contributed by atoms with van der Waals surface area (Å²) in [5.74, 6) is 0. The number of hydrogen-bond acceptors (Lipinski definition) is 2. The van der Waals surface area contributed by atoms with Crippen LogP contribution in [0.15, 0.2) is 24.3 Å². The molecule has 4 heteroatoms. The molecule has 0 heterocycles. The fraction of sp³-hybridized carbons (Fsp3) is 0. The van der Waals surface area contributed by atoms with Crippen molar-refractivity contribution < 1.29 is 0 Å². The minimum absolute atomic E-state index is 0.517. The van der Waals surface area contributed by atoms with Gasteiger partial charge in [-0.05, 0) is 57.3 Å². The zero-order valence-corrected chi connectivity index (χ0v) is 10.9. The maximum Gasteiger partial charge on any atom is 0.0933 e. The van der Waals surface area contributed by atoms with E-state index in [0.717, 1.165) is 12.7 Å². The van der Waals surface area contributed by atoms with Crippen LogP contribution in [0.2, 0.25) is 0 Å². The minimum atomic E-state index is 0.517. The molecule has 1 rings (SSSR count). The summed E-state index contributed by atoms with van der Waals surface area (Å²) in [5.41, 5.74) is 7.12. The number of halogens is 2. The van der Waals surface area contributed by atoms with Gasteiger partial charge in [-0.1, -0.05) is 6.07 Å². The number of nitrogens with zero attached hydrogens (tertiary/aromatic N) is 1. The molecule has 2 N–H and O–H groups in total. The highest BCUT2D eigenvalue weighted by atomic mass is 127. The van der Waals surface area contributed by atoms with Crippen LogP contribution in [-0.2, 0) is 0 Å². The molecular formula is C9H6I2N2. The Hall–Kier alpha value is -0.290. The summed E-state index contributed by atoms with van der Waals surface area (Å²) in [5, 5.41) is 8.43. The van der Waals surface area contributed by atoms with Crippen molar-refractivity contribution in [2.75, 3.05) is 0 Å². The fourth-order valence-electron chi connectivity index (χ4n) is 0.871. The van der Waals surface area contributed by atoms with Crippen molar-refractivity contribution in [2.24, 2.45) is 5.73 Å². The monoisotopic (exact) mass is 396 g/mol. The first-order valence-electron chi connectivity index (χ1n) is 3.46. The Morgan fingerprint density at radius 1 is 1.46 bits per heavy atom. The molecular weight excluding hydrogens is 390 g/mol. The van der Waals surface area contributed by atoms with Crippen molar-refractivity contribution >= 4 is 50.9 Å². The standard InChI is InChI=1S/C9H6I2N2/c10-6-1-2-7(8(11)5-6)9(13)3-4-12/h1-3,5H,13H2/b9-3-. The largest absolute Gasteiger partial charge is 0.398 e. The van der Waals surface area contributed by atoms with E-state index in [9.17, 15) is 0 Å². The molecule has 0 aliphatic carbocycles. The van der Waals surface area contributed by atoms with Crippen molar-refractivity contribution in [2.45, 2.75) is 0 Å². The van der Waals surface area contributed by atoms with E-state index in [1.165, 1.54) is 6.08 Å². The lowest BCUT2D eigenvalue weighted by Gasteiger charge is -2.03. The summed E-state index contributed by atoms with van der Waals surface area (Å²) >= 11 is 4.44. The zero-order valence-electron chi connectivity index (χ0n) is 6.59. The van der Waals surface area contributed by atoms with Gasteiger partial charge in [0.25, 0.3) is 0 Å². The Bertz CT molecular complexity index is 391. The third-order valence-corrected chi connectivity index (χ3v) is 3.03. The minimum Gasteiger partial charge on any atom is -0.398 e. The van der Waals surface area contributed by atoms with E-state index in [4.69, 9.17) is 11.0 Å². The van der Waals surface area contributed by atoms with Crippen LogP contribution in [-0.4, -0.2) is 0 Å². The molecule has 0 unspecified atom stereocenters. The topological polar surface area (TPSA) is 49.8 Å². The Labute approximate surface area is 104 Å². The maximum atomic E-state index is 8.43. The molecule has 2 nitrogen and oxygen atoms in total. The van der Waals surface area contributed by atoms with Crippen LogP contribution in [0.25, 0.3) is 5.70 Å². The van der Waals surface area contributed by atoms with Gasteiger partial charge in [0.05, 0.1) is 11.8 Å². The highest BCUT2D eigenvalue weighted by molar-refractivity contribution is 14.1. The second kappa shape index (κ2) is 4.81. The van der Waals surface area contributed by atoms with Crippen molar-refractivity contribution in [3.05, 3.63) is 37.0 Å². The lowest BCUT2D eigenvalue weighted by Crippen LogP contribution is -1.98. The molecule has 0 saturated heterocycles. The Morgan fingerprint density at radius 3 is 2.69 bits per heavy atom. The van der Waals surface area contributed by atoms with Gasteiger partial charge in [0, 0.05) is 18.8 Å².